The van der Waals surface area contributed by atoms with E-state index in [4.69, 9.17) is 4.42 Å². The average Bonchev–Trinajstić information content (AvgIpc) is 3.14. The van der Waals surface area contributed by atoms with Crippen molar-refractivity contribution in [3.05, 3.63) is 23.8 Å². The third-order valence-electron chi connectivity index (χ3n) is 3.89. The number of carbonyl (C=O) groups excluding carboxylic acids is 1. The van der Waals surface area contributed by atoms with Crippen molar-refractivity contribution in [2.24, 2.45) is 7.05 Å². The highest BCUT2D eigenvalue weighted by Gasteiger charge is 2.19. The van der Waals surface area contributed by atoms with Crippen LogP contribution in [0.2, 0.25) is 0 Å². The molecule has 0 atom stereocenters. The summed E-state index contributed by atoms with van der Waals surface area (Å²) in [6, 6.07) is 0. The number of piperazine rings is 1. The molecule has 24 heavy (non-hydrogen) atoms. The predicted molar refractivity (Wildman–Crippen MR) is 92.3 cm³/mol. The lowest BCUT2D eigenvalue weighted by atomic mass is 10.3. The first-order valence-electron chi connectivity index (χ1n) is 7.81. The Hall–Kier alpha value is -1.90. The number of oxazole rings is 1. The van der Waals surface area contributed by atoms with Gasteiger partial charge in [-0.3, -0.25) is 14.4 Å². The zero-order valence-corrected chi connectivity index (χ0v) is 14.7. The highest BCUT2D eigenvalue weighted by molar-refractivity contribution is 5.93. The Balaban J connectivity index is 0.00000208. The summed E-state index contributed by atoms with van der Waals surface area (Å²) in [5.74, 6) is 0.739. The minimum absolute atomic E-state index is 0. The van der Waals surface area contributed by atoms with Crippen molar-refractivity contribution < 1.29 is 9.21 Å². The van der Waals surface area contributed by atoms with E-state index in [2.05, 4.69) is 25.6 Å². The van der Waals surface area contributed by atoms with Crippen LogP contribution in [0.3, 0.4) is 0 Å². The molecule has 0 unspecified atom stereocenters. The van der Waals surface area contributed by atoms with Crippen molar-refractivity contribution in [2.45, 2.75) is 6.92 Å². The standard InChI is InChI=1S/C15H22N6O2.ClH/c1-11-13(19-15(23-11)12-9-18-20(2)10-12)14(22)17-5-8-21-6-3-16-4-7-21;/h9-10,16H,3-8H2,1-2H3,(H,17,22);1H. The van der Waals surface area contributed by atoms with Gasteiger partial charge in [-0.1, -0.05) is 0 Å². The van der Waals surface area contributed by atoms with Gasteiger partial charge in [0.25, 0.3) is 5.91 Å². The Morgan fingerprint density at radius 3 is 2.83 bits per heavy atom. The maximum absolute atomic E-state index is 12.3. The van der Waals surface area contributed by atoms with Gasteiger partial charge in [-0.2, -0.15) is 5.10 Å². The molecule has 0 aliphatic carbocycles. The lowest BCUT2D eigenvalue weighted by molar-refractivity contribution is 0.0941. The fraction of sp³-hybridized carbons (Fsp3) is 0.533. The first-order chi connectivity index (χ1) is 11.1. The zero-order valence-electron chi connectivity index (χ0n) is 13.9. The molecule has 132 valence electrons. The van der Waals surface area contributed by atoms with Crippen LogP contribution in [-0.4, -0.2) is 64.8 Å². The molecule has 1 fully saturated rings. The molecule has 2 aromatic rings. The van der Waals surface area contributed by atoms with E-state index in [0.717, 1.165) is 38.3 Å². The van der Waals surface area contributed by atoms with Gasteiger partial charge in [0.15, 0.2) is 5.69 Å². The second-order valence-corrected chi connectivity index (χ2v) is 5.67. The average molecular weight is 355 g/mol. The van der Waals surface area contributed by atoms with Gasteiger partial charge in [0.05, 0.1) is 11.8 Å². The zero-order chi connectivity index (χ0) is 16.2. The van der Waals surface area contributed by atoms with E-state index in [0.29, 0.717) is 23.9 Å². The van der Waals surface area contributed by atoms with Gasteiger partial charge in [0, 0.05) is 52.5 Å². The quantitative estimate of drug-likeness (QED) is 0.810. The van der Waals surface area contributed by atoms with E-state index in [1.165, 1.54) is 0 Å². The summed E-state index contributed by atoms with van der Waals surface area (Å²) in [6.45, 7) is 7.24. The fourth-order valence-electron chi connectivity index (χ4n) is 2.61. The molecule has 3 heterocycles. The second-order valence-electron chi connectivity index (χ2n) is 5.67. The second kappa shape index (κ2) is 8.27. The Morgan fingerprint density at radius 2 is 2.17 bits per heavy atom. The van der Waals surface area contributed by atoms with Crippen LogP contribution < -0.4 is 10.6 Å². The molecule has 0 spiro atoms. The summed E-state index contributed by atoms with van der Waals surface area (Å²) < 4.78 is 7.26. The normalized spacial score (nSPS) is 15.1. The van der Waals surface area contributed by atoms with Crippen molar-refractivity contribution >= 4 is 18.3 Å². The molecule has 8 nitrogen and oxygen atoms in total. The maximum Gasteiger partial charge on any atom is 0.273 e. The van der Waals surface area contributed by atoms with Crippen molar-refractivity contribution in [1.29, 1.82) is 0 Å². The van der Waals surface area contributed by atoms with Gasteiger partial charge in [0.1, 0.15) is 5.76 Å². The highest BCUT2D eigenvalue weighted by atomic mass is 35.5. The minimum atomic E-state index is -0.198. The third kappa shape index (κ3) is 4.34. The van der Waals surface area contributed by atoms with E-state index in [1.807, 2.05) is 7.05 Å². The summed E-state index contributed by atoms with van der Waals surface area (Å²) in [5.41, 5.74) is 1.10. The maximum atomic E-state index is 12.3. The number of carbonyl (C=O) groups is 1. The van der Waals surface area contributed by atoms with Crippen molar-refractivity contribution in [3.63, 3.8) is 0 Å². The first-order valence-corrected chi connectivity index (χ1v) is 7.81. The van der Waals surface area contributed by atoms with Gasteiger partial charge in [0.2, 0.25) is 5.89 Å². The summed E-state index contributed by atoms with van der Waals surface area (Å²) in [6.07, 6.45) is 3.47. The number of hydrogen-bond acceptors (Lipinski definition) is 6. The molecule has 3 rings (SSSR count). The Labute approximate surface area is 147 Å². The van der Waals surface area contributed by atoms with E-state index in [1.54, 1.807) is 24.0 Å². The molecule has 1 aliphatic rings. The number of aromatic nitrogens is 3. The number of halogens is 1. The van der Waals surface area contributed by atoms with Gasteiger partial charge in [-0.15, -0.1) is 12.4 Å². The van der Waals surface area contributed by atoms with Crippen LogP contribution in [-0.2, 0) is 7.05 Å². The summed E-state index contributed by atoms with van der Waals surface area (Å²) in [5, 5.41) is 10.3. The first kappa shape index (κ1) is 18.4. The molecule has 0 bridgehead atoms. The van der Waals surface area contributed by atoms with E-state index >= 15 is 0 Å². The van der Waals surface area contributed by atoms with Crippen LogP contribution in [0.1, 0.15) is 16.2 Å². The van der Waals surface area contributed by atoms with Gasteiger partial charge >= 0.3 is 0 Å². The molecule has 9 heteroatoms. The number of amides is 1. The van der Waals surface area contributed by atoms with Crippen molar-refractivity contribution in [2.75, 3.05) is 39.3 Å². The number of hydrogen-bond donors (Lipinski definition) is 2. The van der Waals surface area contributed by atoms with Crippen molar-refractivity contribution in [1.82, 2.24) is 30.3 Å². The van der Waals surface area contributed by atoms with E-state index in [9.17, 15) is 4.79 Å². The number of rotatable bonds is 5. The van der Waals surface area contributed by atoms with Crippen molar-refractivity contribution in [3.8, 4) is 11.5 Å². The summed E-state index contributed by atoms with van der Waals surface area (Å²) >= 11 is 0. The molecule has 1 saturated heterocycles. The monoisotopic (exact) mass is 354 g/mol. The molecule has 0 aromatic carbocycles. The number of nitrogens with one attached hydrogen (secondary N) is 2. The van der Waals surface area contributed by atoms with Gasteiger partial charge in [-0.05, 0) is 6.92 Å². The summed E-state index contributed by atoms with van der Waals surface area (Å²) in [4.78, 5) is 18.9. The van der Waals surface area contributed by atoms with E-state index < -0.39 is 0 Å². The topological polar surface area (TPSA) is 88.2 Å². The van der Waals surface area contributed by atoms with Crippen LogP contribution in [0.15, 0.2) is 16.8 Å². The Bertz CT molecular complexity index is 677. The Morgan fingerprint density at radius 1 is 1.42 bits per heavy atom. The third-order valence-corrected chi connectivity index (χ3v) is 3.89. The lowest BCUT2D eigenvalue weighted by Crippen LogP contribution is -2.46. The molecule has 2 N–H and O–H groups in total. The molecule has 0 saturated carbocycles. The van der Waals surface area contributed by atoms with Crippen LogP contribution in [0.25, 0.3) is 11.5 Å². The van der Waals surface area contributed by atoms with Crippen LogP contribution in [0.4, 0.5) is 0 Å². The SMILES string of the molecule is Cc1oc(-c2cnn(C)c2)nc1C(=O)NCCN1CCNCC1.Cl. The van der Waals surface area contributed by atoms with Crippen LogP contribution in [0, 0.1) is 6.92 Å². The smallest absolute Gasteiger partial charge is 0.273 e. The molecular weight excluding hydrogens is 332 g/mol. The van der Waals surface area contributed by atoms with Crippen LogP contribution in [0.5, 0.6) is 0 Å². The van der Waals surface area contributed by atoms with Crippen LogP contribution >= 0.6 is 12.4 Å². The Kier molecular flexibility index (Phi) is 6.36. The molecule has 1 amide bonds. The molecule has 0 radical (unpaired) electrons. The van der Waals surface area contributed by atoms with Gasteiger partial charge < -0.3 is 15.1 Å². The highest BCUT2D eigenvalue weighted by Crippen LogP contribution is 2.20. The summed E-state index contributed by atoms with van der Waals surface area (Å²) in [7, 11) is 1.82. The lowest BCUT2D eigenvalue weighted by Gasteiger charge is -2.26. The number of aryl methyl sites for hydroxylation is 2. The molecular formula is C15H23ClN6O2. The fourth-order valence-corrected chi connectivity index (χ4v) is 2.61. The van der Waals surface area contributed by atoms with Gasteiger partial charge in [-0.25, -0.2) is 4.98 Å². The largest absolute Gasteiger partial charge is 0.440 e. The molecule has 1 aliphatic heterocycles. The predicted octanol–water partition coefficient (Wildman–Crippen LogP) is 0.440. The minimum Gasteiger partial charge on any atom is -0.440 e. The van der Waals surface area contributed by atoms with E-state index in [-0.39, 0.29) is 18.3 Å². The molecule has 2 aromatic heterocycles. The number of nitrogens with zero attached hydrogens (tertiary/aromatic N) is 4.